The molecule has 2 heterocycles. The van der Waals surface area contributed by atoms with Gasteiger partial charge in [0.15, 0.2) is 0 Å². The molecule has 7 atom stereocenters. The summed E-state index contributed by atoms with van der Waals surface area (Å²) in [4.78, 5) is 29.9. The van der Waals surface area contributed by atoms with Gasteiger partial charge >= 0.3 is 0 Å². The Morgan fingerprint density at radius 1 is 1.00 bits per heavy atom. The van der Waals surface area contributed by atoms with Crippen molar-refractivity contribution in [3.8, 4) is 0 Å². The van der Waals surface area contributed by atoms with Gasteiger partial charge in [-0.3, -0.25) is 9.59 Å². The maximum Gasteiger partial charge on any atom is 0.252 e. The van der Waals surface area contributed by atoms with E-state index in [1.807, 2.05) is 16.7 Å². The molecular formula is C23H39N3O5S. The molecule has 0 bridgehead atoms. The van der Waals surface area contributed by atoms with Crippen molar-refractivity contribution >= 4 is 21.8 Å². The van der Waals surface area contributed by atoms with Gasteiger partial charge in [0.05, 0.1) is 18.3 Å². The summed E-state index contributed by atoms with van der Waals surface area (Å²) in [6, 6.07) is -0.0341. The van der Waals surface area contributed by atoms with Gasteiger partial charge in [-0.25, -0.2) is 13.1 Å². The highest BCUT2D eigenvalue weighted by Crippen LogP contribution is 2.43. The Morgan fingerprint density at radius 2 is 1.75 bits per heavy atom. The van der Waals surface area contributed by atoms with Gasteiger partial charge in [0.2, 0.25) is 15.9 Å². The summed E-state index contributed by atoms with van der Waals surface area (Å²) in [5.41, 5.74) is 0. The average Bonchev–Trinajstić information content (AvgIpc) is 3.26. The van der Waals surface area contributed by atoms with Gasteiger partial charge in [0.1, 0.15) is 6.10 Å². The normalized spacial score (nSPS) is 38.4. The molecule has 0 aromatic rings. The zero-order valence-electron chi connectivity index (χ0n) is 19.7. The Morgan fingerprint density at radius 3 is 2.41 bits per heavy atom. The number of rotatable bonds is 4. The lowest BCUT2D eigenvalue weighted by atomic mass is 9.68. The van der Waals surface area contributed by atoms with E-state index in [1.54, 1.807) is 6.92 Å². The Labute approximate surface area is 192 Å². The minimum absolute atomic E-state index is 0.00927. The van der Waals surface area contributed by atoms with Crippen LogP contribution in [0.25, 0.3) is 0 Å². The van der Waals surface area contributed by atoms with Gasteiger partial charge in [-0.05, 0) is 63.7 Å². The maximum atomic E-state index is 13.4. The molecule has 1 N–H and O–H groups in total. The number of fused-ring (bicyclic) bond motifs is 1. The number of nitrogens with one attached hydrogen (secondary N) is 1. The van der Waals surface area contributed by atoms with E-state index in [1.165, 1.54) is 6.26 Å². The number of hydrogen-bond acceptors (Lipinski definition) is 5. The van der Waals surface area contributed by atoms with Gasteiger partial charge in [-0.2, -0.15) is 0 Å². The van der Waals surface area contributed by atoms with Crippen molar-refractivity contribution in [2.45, 2.75) is 102 Å². The van der Waals surface area contributed by atoms with E-state index in [2.05, 4.69) is 4.72 Å². The molecular weight excluding hydrogens is 430 g/mol. The first kappa shape index (κ1) is 24.0. The summed E-state index contributed by atoms with van der Waals surface area (Å²) in [7, 11) is -3.27. The largest absolute Gasteiger partial charge is 0.368 e. The fourth-order valence-corrected chi connectivity index (χ4v) is 7.79. The molecule has 2 saturated carbocycles. The van der Waals surface area contributed by atoms with Crippen LogP contribution in [0.2, 0.25) is 0 Å². The highest BCUT2D eigenvalue weighted by Gasteiger charge is 2.49. The van der Waals surface area contributed by atoms with Crippen LogP contribution >= 0.6 is 0 Å². The molecule has 32 heavy (non-hydrogen) atoms. The SMILES string of the molecule is CC(=O)N1C2CCC(C3CCCCC3NS(C)(=O)=O)CC2N(C(=O)C2CCCO2)C[C@@H]1C. The van der Waals surface area contributed by atoms with E-state index in [0.717, 1.165) is 57.8 Å². The third-order valence-electron chi connectivity index (χ3n) is 8.16. The second-order valence-electron chi connectivity index (χ2n) is 10.4. The molecule has 0 aromatic heterocycles. The second-order valence-corrected chi connectivity index (χ2v) is 12.2. The number of nitrogens with zero attached hydrogens (tertiary/aromatic N) is 2. The smallest absolute Gasteiger partial charge is 0.252 e. The number of carbonyl (C=O) groups is 2. The molecule has 182 valence electrons. The standard InChI is InChI=1S/C23H39N3O5S/c1-15-14-25(23(28)22-9-6-12-31-22)21-13-17(10-11-20(21)26(15)16(2)27)18-7-4-5-8-19(18)24-32(3,29)30/h15,17-22,24H,4-14H2,1-3H3/t15-,17?,18?,19?,20?,21?,22?/m0/s1. The molecule has 0 spiro atoms. The van der Waals surface area contributed by atoms with Crippen molar-refractivity contribution in [2.75, 3.05) is 19.4 Å². The van der Waals surface area contributed by atoms with E-state index in [-0.39, 0.29) is 48.0 Å². The Bertz CT molecular complexity index is 812. The quantitative estimate of drug-likeness (QED) is 0.678. The molecule has 0 aromatic carbocycles. The fourth-order valence-electron chi connectivity index (χ4n) is 6.95. The average molecular weight is 470 g/mol. The second kappa shape index (κ2) is 9.58. The molecule has 8 nitrogen and oxygen atoms in total. The summed E-state index contributed by atoms with van der Waals surface area (Å²) in [5, 5.41) is 0. The van der Waals surface area contributed by atoms with Crippen molar-refractivity contribution in [1.82, 2.24) is 14.5 Å². The van der Waals surface area contributed by atoms with Gasteiger partial charge in [0, 0.05) is 32.2 Å². The monoisotopic (exact) mass is 469 g/mol. The molecule has 2 aliphatic carbocycles. The van der Waals surface area contributed by atoms with E-state index < -0.39 is 10.0 Å². The van der Waals surface area contributed by atoms with Crippen LogP contribution in [0.15, 0.2) is 0 Å². The molecule has 4 aliphatic rings. The molecule has 2 aliphatic heterocycles. The summed E-state index contributed by atoms with van der Waals surface area (Å²) in [6.07, 6.45) is 9.26. The Kier molecular flexibility index (Phi) is 7.17. The van der Waals surface area contributed by atoms with Crippen molar-refractivity contribution in [3.63, 3.8) is 0 Å². The first-order valence-electron chi connectivity index (χ1n) is 12.3. The van der Waals surface area contributed by atoms with Crippen LogP contribution < -0.4 is 4.72 Å². The van der Waals surface area contributed by atoms with Crippen LogP contribution in [0.4, 0.5) is 0 Å². The van der Waals surface area contributed by atoms with Gasteiger partial charge in [-0.1, -0.05) is 12.8 Å². The summed E-state index contributed by atoms with van der Waals surface area (Å²) >= 11 is 0. The number of amides is 2. The summed E-state index contributed by atoms with van der Waals surface area (Å²) in [5.74, 6) is 0.772. The molecule has 2 saturated heterocycles. The van der Waals surface area contributed by atoms with Crippen LogP contribution in [-0.2, 0) is 24.3 Å². The van der Waals surface area contributed by atoms with Gasteiger partial charge in [-0.15, -0.1) is 0 Å². The number of piperazine rings is 1. The molecule has 4 fully saturated rings. The van der Waals surface area contributed by atoms with Crippen molar-refractivity contribution in [3.05, 3.63) is 0 Å². The van der Waals surface area contributed by atoms with E-state index in [4.69, 9.17) is 4.74 Å². The van der Waals surface area contributed by atoms with E-state index >= 15 is 0 Å². The minimum Gasteiger partial charge on any atom is -0.368 e. The number of sulfonamides is 1. The fraction of sp³-hybridized carbons (Fsp3) is 0.913. The lowest BCUT2D eigenvalue weighted by Crippen LogP contribution is -2.68. The van der Waals surface area contributed by atoms with Crippen LogP contribution in [0.5, 0.6) is 0 Å². The van der Waals surface area contributed by atoms with Crippen molar-refractivity contribution in [2.24, 2.45) is 11.8 Å². The molecule has 0 radical (unpaired) electrons. The Balaban J connectivity index is 1.57. The Hall–Kier alpha value is -1.19. The molecule has 4 rings (SSSR count). The summed E-state index contributed by atoms with van der Waals surface area (Å²) in [6.45, 7) is 4.84. The summed E-state index contributed by atoms with van der Waals surface area (Å²) < 4.78 is 32.6. The zero-order valence-corrected chi connectivity index (χ0v) is 20.5. The third kappa shape index (κ3) is 4.99. The molecule has 6 unspecified atom stereocenters. The van der Waals surface area contributed by atoms with Gasteiger partial charge in [0.25, 0.3) is 5.91 Å². The first-order chi connectivity index (χ1) is 15.2. The lowest BCUT2D eigenvalue weighted by molar-refractivity contribution is -0.160. The van der Waals surface area contributed by atoms with Crippen molar-refractivity contribution in [1.29, 1.82) is 0 Å². The lowest BCUT2D eigenvalue weighted by Gasteiger charge is -2.55. The van der Waals surface area contributed by atoms with E-state index in [9.17, 15) is 18.0 Å². The van der Waals surface area contributed by atoms with E-state index in [0.29, 0.717) is 19.1 Å². The highest BCUT2D eigenvalue weighted by molar-refractivity contribution is 7.88. The van der Waals surface area contributed by atoms with Crippen molar-refractivity contribution < 1.29 is 22.7 Å². The zero-order chi connectivity index (χ0) is 23.0. The topological polar surface area (TPSA) is 96.0 Å². The van der Waals surface area contributed by atoms with Crippen LogP contribution in [0, 0.1) is 11.8 Å². The molecule has 9 heteroatoms. The van der Waals surface area contributed by atoms with Crippen LogP contribution in [0.1, 0.15) is 71.6 Å². The molecule has 2 amide bonds. The van der Waals surface area contributed by atoms with Crippen LogP contribution in [0.3, 0.4) is 0 Å². The minimum atomic E-state index is -3.27. The van der Waals surface area contributed by atoms with Gasteiger partial charge < -0.3 is 14.5 Å². The predicted molar refractivity (Wildman–Crippen MR) is 121 cm³/mol. The highest BCUT2D eigenvalue weighted by atomic mass is 32.2. The number of hydrogen-bond donors (Lipinski definition) is 1. The third-order valence-corrected chi connectivity index (χ3v) is 8.89. The number of ether oxygens (including phenoxy) is 1. The number of carbonyl (C=O) groups excluding carboxylic acids is 2. The van der Waals surface area contributed by atoms with Crippen LogP contribution in [-0.4, -0.2) is 79.7 Å². The maximum absolute atomic E-state index is 13.4. The first-order valence-corrected chi connectivity index (χ1v) is 14.2. The predicted octanol–water partition coefficient (Wildman–Crippen LogP) is 1.89.